The van der Waals surface area contributed by atoms with Gasteiger partial charge in [0, 0.05) is 6.04 Å². The smallest absolute Gasteiger partial charge is 0.0598 e. The Bertz CT molecular complexity index is 172. The third-order valence-corrected chi connectivity index (χ3v) is 3.00. The van der Waals surface area contributed by atoms with Crippen LogP contribution in [-0.2, 0) is 4.74 Å². The van der Waals surface area contributed by atoms with Gasteiger partial charge >= 0.3 is 0 Å². The van der Waals surface area contributed by atoms with Crippen LogP contribution in [-0.4, -0.2) is 37.2 Å². The van der Waals surface area contributed by atoms with Gasteiger partial charge < -0.3 is 9.64 Å². The zero-order valence-electron chi connectivity index (χ0n) is 10.3. The molecular formula is C12H25NO. The molecular weight excluding hydrogens is 174 g/mol. The molecule has 14 heavy (non-hydrogen) atoms. The van der Waals surface area contributed by atoms with Crippen LogP contribution in [0.1, 0.15) is 40.0 Å². The molecule has 2 atom stereocenters. The third kappa shape index (κ3) is 3.97. The first-order chi connectivity index (χ1) is 6.38. The van der Waals surface area contributed by atoms with E-state index in [-0.39, 0.29) is 5.60 Å². The molecule has 1 fully saturated rings. The molecule has 1 aliphatic carbocycles. The zero-order valence-corrected chi connectivity index (χ0v) is 10.3. The van der Waals surface area contributed by atoms with Crippen molar-refractivity contribution >= 4 is 0 Å². The van der Waals surface area contributed by atoms with Gasteiger partial charge in [-0.15, -0.1) is 0 Å². The second kappa shape index (κ2) is 4.63. The molecule has 0 bridgehead atoms. The summed E-state index contributed by atoms with van der Waals surface area (Å²) in [6.07, 6.45) is 3.98. The van der Waals surface area contributed by atoms with Crippen LogP contribution >= 0.6 is 0 Å². The van der Waals surface area contributed by atoms with Crippen LogP contribution < -0.4 is 0 Å². The van der Waals surface area contributed by atoms with Gasteiger partial charge in [0.2, 0.25) is 0 Å². The molecule has 0 saturated heterocycles. The molecule has 1 aliphatic rings. The molecule has 2 unspecified atom stereocenters. The van der Waals surface area contributed by atoms with Crippen LogP contribution in [0.5, 0.6) is 0 Å². The van der Waals surface area contributed by atoms with Crippen molar-refractivity contribution < 1.29 is 4.74 Å². The van der Waals surface area contributed by atoms with E-state index in [1.54, 1.807) is 0 Å². The monoisotopic (exact) mass is 199 g/mol. The summed E-state index contributed by atoms with van der Waals surface area (Å²) in [6.45, 7) is 7.33. The lowest BCUT2D eigenvalue weighted by Crippen LogP contribution is -2.26. The highest BCUT2D eigenvalue weighted by molar-refractivity contribution is 4.80. The van der Waals surface area contributed by atoms with Crippen LogP contribution in [0.25, 0.3) is 0 Å². The SMILES string of the molecule is CN(C)C1CCC(COC(C)(C)C)C1. The largest absolute Gasteiger partial charge is 0.376 e. The quantitative estimate of drug-likeness (QED) is 0.692. The number of ether oxygens (including phenoxy) is 1. The van der Waals surface area contributed by atoms with E-state index in [4.69, 9.17) is 4.74 Å². The minimum atomic E-state index is 0.0240. The third-order valence-electron chi connectivity index (χ3n) is 3.00. The predicted molar refractivity (Wildman–Crippen MR) is 60.5 cm³/mol. The van der Waals surface area contributed by atoms with Crippen molar-refractivity contribution in [1.82, 2.24) is 4.90 Å². The fourth-order valence-electron chi connectivity index (χ4n) is 2.04. The number of hydrogen-bond acceptors (Lipinski definition) is 2. The predicted octanol–water partition coefficient (Wildman–Crippen LogP) is 2.53. The maximum absolute atomic E-state index is 5.82. The molecule has 1 rings (SSSR count). The Hall–Kier alpha value is -0.0800. The molecule has 1 saturated carbocycles. The van der Waals surface area contributed by atoms with Crippen LogP contribution in [0.2, 0.25) is 0 Å². The van der Waals surface area contributed by atoms with Gasteiger partial charge in [0.05, 0.1) is 12.2 Å². The maximum Gasteiger partial charge on any atom is 0.0598 e. The molecule has 0 amide bonds. The topological polar surface area (TPSA) is 12.5 Å². The highest BCUT2D eigenvalue weighted by Crippen LogP contribution is 2.29. The van der Waals surface area contributed by atoms with Crippen LogP contribution in [0.15, 0.2) is 0 Å². The van der Waals surface area contributed by atoms with Crippen molar-refractivity contribution in [3.63, 3.8) is 0 Å². The van der Waals surface area contributed by atoms with Gasteiger partial charge in [-0.25, -0.2) is 0 Å². The summed E-state index contributed by atoms with van der Waals surface area (Å²) < 4.78 is 5.82. The van der Waals surface area contributed by atoms with Crippen molar-refractivity contribution in [1.29, 1.82) is 0 Å². The van der Waals surface area contributed by atoms with E-state index in [1.807, 2.05) is 0 Å². The Labute approximate surface area is 88.6 Å². The Balaban J connectivity index is 2.23. The van der Waals surface area contributed by atoms with Crippen molar-refractivity contribution in [3.8, 4) is 0 Å². The summed E-state index contributed by atoms with van der Waals surface area (Å²) in [7, 11) is 4.36. The van der Waals surface area contributed by atoms with Crippen molar-refractivity contribution in [2.75, 3.05) is 20.7 Å². The van der Waals surface area contributed by atoms with Gasteiger partial charge in [0.15, 0.2) is 0 Å². The van der Waals surface area contributed by atoms with E-state index >= 15 is 0 Å². The van der Waals surface area contributed by atoms with Crippen LogP contribution in [0.4, 0.5) is 0 Å². The summed E-state index contributed by atoms with van der Waals surface area (Å²) in [5, 5.41) is 0. The molecule has 0 aromatic heterocycles. The summed E-state index contributed by atoms with van der Waals surface area (Å²) in [5.74, 6) is 0.779. The molecule has 0 N–H and O–H groups in total. The minimum Gasteiger partial charge on any atom is -0.376 e. The Morgan fingerprint density at radius 3 is 2.29 bits per heavy atom. The van der Waals surface area contributed by atoms with E-state index in [1.165, 1.54) is 19.3 Å². The lowest BCUT2D eigenvalue weighted by molar-refractivity contribution is -0.0218. The van der Waals surface area contributed by atoms with E-state index in [9.17, 15) is 0 Å². The Kier molecular flexibility index (Phi) is 3.96. The van der Waals surface area contributed by atoms with Gasteiger partial charge in [-0.05, 0) is 60.0 Å². The maximum atomic E-state index is 5.82. The van der Waals surface area contributed by atoms with E-state index in [2.05, 4.69) is 39.8 Å². The first-order valence-corrected chi connectivity index (χ1v) is 5.69. The summed E-state index contributed by atoms with van der Waals surface area (Å²) >= 11 is 0. The van der Waals surface area contributed by atoms with E-state index in [0.717, 1.165) is 18.6 Å². The van der Waals surface area contributed by atoms with Crippen molar-refractivity contribution in [3.05, 3.63) is 0 Å². The molecule has 0 radical (unpaired) electrons. The fraction of sp³-hybridized carbons (Fsp3) is 1.00. The highest BCUT2D eigenvalue weighted by Gasteiger charge is 2.27. The average molecular weight is 199 g/mol. The molecule has 0 heterocycles. The second-order valence-electron chi connectivity index (χ2n) is 5.72. The lowest BCUT2D eigenvalue weighted by atomic mass is 10.1. The van der Waals surface area contributed by atoms with E-state index in [0.29, 0.717) is 0 Å². The van der Waals surface area contributed by atoms with Gasteiger partial charge in [-0.3, -0.25) is 0 Å². The normalized spacial score (nSPS) is 28.7. The second-order valence-corrected chi connectivity index (χ2v) is 5.72. The first-order valence-electron chi connectivity index (χ1n) is 5.69. The van der Waals surface area contributed by atoms with Crippen molar-refractivity contribution in [2.24, 2.45) is 5.92 Å². The first kappa shape index (κ1) is 12.0. The molecule has 0 aromatic rings. The molecule has 0 spiro atoms. The lowest BCUT2D eigenvalue weighted by Gasteiger charge is -2.23. The van der Waals surface area contributed by atoms with Gasteiger partial charge in [-0.1, -0.05) is 0 Å². The number of nitrogens with zero attached hydrogens (tertiary/aromatic N) is 1. The summed E-state index contributed by atoms with van der Waals surface area (Å²) in [5.41, 5.74) is 0.0240. The molecule has 2 heteroatoms. The van der Waals surface area contributed by atoms with Crippen molar-refractivity contribution in [2.45, 2.75) is 51.7 Å². The standard InChI is InChI=1S/C12H25NO/c1-12(2,3)14-9-10-6-7-11(8-10)13(4)5/h10-11H,6-9H2,1-5H3. The zero-order chi connectivity index (χ0) is 10.8. The molecule has 0 aliphatic heterocycles. The molecule has 0 aromatic carbocycles. The van der Waals surface area contributed by atoms with Gasteiger partial charge in [0.1, 0.15) is 0 Å². The van der Waals surface area contributed by atoms with Crippen LogP contribution in [0.3, 0.4) is 0 Å². The van der Waals surface area contributed by atoms with E-state index < -0.39 is 0 Å². The number of hydrogen-bond donors (Lipinski definition) is 0. The fourth-order valence-corrected chi connectivity index (χ4v) is 2.04. The Morgan fingerprint density at radius 1 is 1.21 bits per heavy atom. The Morgan fingerprint density at radius 2 is 1.86 bits per heavy atom. The summed E-state index contributed by atoms with van der Waals surface area (Å²) in [6, 6.07) is 0.781. The molecule has 2 nitrogen and oxygen atoms in total. The van der Waals surface area contributed by atoms with Crippen LogP contribution in [0, 0.1) is 5.92 Å². The molecule has 84 valence electrons. The van der Waals surface area contributed by atoms with Gasteiger partial charge in [-0.2, -0.15) is 0 Å². The summed E-state index contributed by atoms with van der Waals surface area (Å²) in [4.78, 5) is 2.34. The average Bonchev–Trinajstić information content (AvgIpc) is 2.47. The minimum absolute atomic E-state index is 0.0240. The highest BCUT2D eigenvalue weighted by atomic mass is 16.5. The van der Waals surface area contributed by atoms with Gasteiger partial charge in [0.25, 0.3) is 0 Å². The number of rotatable bonds is 3.